The number of thiophene rings is 1. The van der Waals surface area contributed by atoms with E-state index >= 15 is 0 Å². The van der Waals surface area contributed by atoms with Crippen molar-refractivity contribution in [2.75, 3.05) is 0 Å². The van der Waals surface area contributed by atoms with E-state index < -0.39 is 0 Å². The van der Waals surface area contributed by atoms with Crippen LogP contribution >= 0.6 is 11.3 Å². The third-order valence-electron chi connectivity index (χ3n) is 3.24. The Morgan fingerprint density at radius 2 is 1.93 bits per heavy atom. The molecular formula is C13H23NS. The lowest BCUT2D eigenvalue weighted by Crippen LogP contribution is -2.15. The highest BCUT2D eigenvalue weighted by Crippen LogP contribution is 2.29. The normalized spacial score (nSPS) is 13.4. The molecule has 1 aromatic heterocycles. The van der Waals surface area contributed by atoms with Gasteiger partial charge in [-0.1, -0.05) is 33.6 Å². The third-order valence-corrected chi connectivity index (χ3v) is 4.33. The van der Waals surface area contributed by atoms with E-state index in [2.05, 4.69) is 32.2 Å². The average Bonchev–Trinajstić information content (AvgIpc) is 2.73. The van der Waals surface area contributed by atoms with Crippen LogP contribution in [0.1, 0.15) is 56.5 Å². The van der Waals surface area contributed by atoms with Gasteiger partial charge in [0.1, 0.15) is 0 Å². The van der Waals surface area contributed by atoms with Gasteiger partial charge >= 0.3 is 0 Å². The molecule has 0 saturated heterocycles. The van der Waals surface area contributed by atoms with Gasteiger partial charge < -0.3 is 5.73 Å². The van der Waals surface area contributed by atoms with E-state index in [1.54, 1.807) is 0 Å². The van der Waals surface area contributed by atoms with Gasteiger partial charge in [-0.05, 0) is 35.8 Å². The molecule has 15 heavy (non-hydrogen) atoms. The molecule has 1 heterocycles. The van der Waals surface area contributed by atoms with Gasteiger partial charge in [-0.2, -0.15) is 0 Å². The topological polar surface area (TPSA) is 26.0 Å². The zero-order valence-corrected chi connectivity index (χ0v) is 10.9. The van der Waals surface area contributed by atoms with Crippen molar-refractivity contribution in [1.82, 2.24) is 0 Å². The van der Waals surface area contributed by atoms with Crippen molar-refractivity contribution in [3.05, 3.63) is 21.9 Å². The van der Waals surface area contributed by atoms with Crippen molar-refractivity contribution in [1.29, 1.82) is 0 Å². The zero-order valence-electron chi connectivity index (χ0n) is 10.1. The highest BCUT2D eigenvalue weighted by Gasteiger charge is 2.15. The van der Waals surface area contributed by atoms with E-state index in [1.807, 2.05) is 11.3 Å². The van der Waals surface area contributed by atoms with Crippen LogP contribution in [0.4, 0.5) is 0 Å². The predicted octanol–water partition coefficient (Wildman–Crippen LogP) is 4.14. The first-order valence-corrected chi connectivity index (χ1v) is 6.92. The summed E-state index contributed by atoms with van der Waals surface area (Å²) in [6.45, 7) is 6.72. The summed E-state index contributed by atoms with van der Waals surface area (Å²) in [5.74, 6) is 0.784. The summed E-state index contributed by atoms with van der Waals surface area (Å²) < 4.78 is 0. The summed E-state index contributed by atoms with van der Waals surface area (Å²) in [4.78, 5) is 1.41. The largest absolute Gasteiger partial charge is 0.323 e. The Bertz CT molecular complexity index is 276. The van der Waals surface area contributed by atoms with Gasteiger partial charge in [0.25, 0.3) is 0 Å². The second-order valence-electron chi connectivity index (χ2n) is 4.19. The summed E-state index contributed by atoms with van der Waals surface area (Å²) in [6, 6.07) is 2.47. The molecular weight excluding hydrogens is 202 g/mol. The van der Waals surface area contributed by atoms with Crippen molar-refractivity contribution >= 4 is 11.3 Å². The maximum atomic E-state index is 6.28. The van der Waals surface area contributed by atoms with E-state index in [9.17, 15) is 0 Å². The van der Waals surface area contributed by atoms with Crippen LogP contribution in [-0.2, 0) is 6.42 Å². The molecule has 1 rings (SSSR count). The van der Waals surface area contributed by atoms with Crippen molar-refractivity contribution in [3.8, 4) is 0 Å². The molecule has 86 valence electrons. The van der Waals surface area contributed by atoms with E-state index in [0.29, 0.717) is 0 Å². The van der Waals surface area contributed by atoms with Crippen LogP contribution in [-0.4, -0.2) is 0 Å². The smallest absolute Gasteiger partial charge is 0.0395 e. The monoisotopic (exact) mass is 225 g/mol. The fraction of sp³-hybridized carbons (Fsp3) is 0.692. The number of hydrogen-bond acceptors (Lipinski definition) is 2. The Hall–Kier alpha value is -0.340. The van der Waals surface area contributed by atoms with Crippen LogP contribution in [0.2, 0.25) is 0 Å². The lowest BCUT2D eigenvalue weighted by atomic mass is 9.93. The fourth-order valence-electron chi connectivity index (χ4n) is 2.05. The molecule has 0 spiro atoms. The maximum Gasteiger partial charge on any atom is 0.0395 e. The number of hydrogen-bond donors (Lipinski definition) is 1. The standard InChI is InChI=1S/C13H23NS/c1-4-10(5-2)9-12(14)13-11(6-3)7-8-15-13/h7-8,10,12H,4-6,9,14H2,1-3H3. The van der Waals surface area contributed by atoms with Crippen LogP contribution < -0.4 is 5.73 Å². The van der Waals surface area contributed by atoms with Gasteiger partial charge in [0.2, 0.25) is 0 Å². The van der Waals surface area contributed by atoms with Gasteiger partial charge in [-0.25, -0.2) is 0 Å². The SMILES string of the molecule is CCc1ccsc1C(N)CC(CC)CC. The van der Waals surface area contributed by atoms with Crippen molar-refractivity contribution < 1.29 is 0 Å². The minimum Gasteiger partial charge on any atom is -0.323 e. The highest BCUT2D eigenvalue weighted by molar-refractivity contribution is 7.10. The Morgan fingerprint density at radius 1 is 1.27 bits per heavy atom. The molecule has 2 heteroatoms. The van der Waals surface area contributed by atoms with Crippen LogP contribution in [0.5, 0.6) is 0 Å². The van der Waals surface area contributed by atoms with Crippen LogP contribution in [0, 0.1) is 5.92 Å². The van der Waals surface area contributed by atoms with Gasteiger partial charge in [-0.15, -0.1) is 11.3 Å². The summed E-state index contributed by atoms with van der Waals surface area (Å²) in [7, 11) is 0. The Morgan fingerprint density at radius 3 is 2.47 bits per heavy atom. The van der Waals surface area contributed by atoms with Crippen LogP contribution in [0.25, 0.3) is 0 Å². The zero-order chi connectivity index (χ0) is 11.3. The molecule has 0 amide bonds. The molecule has 0 radical (unpaired) electrons. The first kappa shape index (κ1) is 12.7. The van der Waals surface area contributed by atoms with E-state index in [0.717, 1.165) is 18.8 Å². The molecule has 2 N–H and O–H groups in total. The lowest BCUT2D eigenvalue weighted by Gasteiger charge is -2.18. The average molecular weight is 225 g/mol. The lowest BCUT2D eigenvalue weighted by molar-refractivity contribution is 0.416. The van der Waals surface area contributed by atoms with E-state index in [4.69, 9.17) is 5.73 Å². The minimum absolute atomic E-state index is 0.254. The molecule has 0 aromatic carbocycles. The van der Waals surface area contributed by atoms with Crippen LogP contribution in [0.15, 0.2) is 11.4 Å². The summed E-state index contributed by atoms with van der Waals surface area (Å²) in [6.07, 6.45) is 4.74. The van der Waals surface area contributed by atoms with Crippen molar-refractivity contribution in [2.45, 2.75) is 52.5 Å². The second kappa shape index (κ2) is 6.29. The highest BCUT2D eigenvalue weighted by atomic mass is 32.1. The quantitative estimate of drug-likeness (QED) is 0.773. The van der Waals surface area contributed by atoms with Crippen LogP contribution in [0.3, 0.4) is 0 Å². The fourth-order valence-corrected chi connectivity index (χ4v) is 3.07. The Balaban J connectivity index is 2.63. The molecule has 0 aliphatic heterocycles. The van der Waals surface area contributed by atoms with Gasteiger partial charge in [0, 0.05) is 10.9 Å². The maximum absolute atomic E-state index is 6.28. The number of aryl methyl sites for hydroxylation is 1. The molecule has 1 aromatic rings. The Labute approximate surface area is 97.7 Å². The van der Waals surface area contributed by atoms with Gasteiger partial charge in [0.15, 0.2) is 0 Å². The molecule has 0 aliphatic carbocycles. The molecule has 1 unspecified atom stereocenters. The summed E-state index contributed by atoms with van der Waals surface area (Å²) >= 11 is 1.82. The molecule has 0 aliphatic rings. The minimum atomic E-state index is 0.254. The second-order valence-corrected chi connectivity index (χ2v) is 5.14. The number of rotatable bonds is 6. The predicted molar refractivity (Wildman–Crippen MR) is 69.3 cm³/mol. The first-order chi connectivity index (χ1) is 7.22. The summed E-state index contributed by atoms with van der Waals surface area (Å²) in [5, 5.41) is 2.17. The first-order valence-electron chi connectivity index (χ1n) is 6.04. The van der Waals surface area contributed by atoms with Gasteiger partial charge in [-0.3, -0.25) is 0 Å². The summed E-state index contributed by atoms with van der Waals surface area (Å²) in [5.41, 5.74) is 7.72. The molecule has 1 nitrogen and oxygen atoms in total. The van der Waals surface area contributed by atoms with Crippen molar-refractivity contribution in [3.63, 3.8) is 0 Å². The molecule has 1 atom stereocenters. The van der Waals surface area contributed by atoms with E-state index in [-0.39, 0.29) is 6.04 Å². The van der Waals surface area contributed by atoms with E-state index in [1.165, 1.54) is 23.3 Å². The molecule has 0 fully saturated rings. The van der Waals surface area contributed by atoms with Gasteiger partial charge in [0.05, 0.1) is 0 Å². The molecule has 0 saturated carbocycles. The Kier molecular flexibility index (Phi) is 5.34. The number of nitrogens with two attached hydrogens (primary N) is 1. The van der Waals surface area contributed by atoms with Crippen molar-refractivity contribution in [2.24, 2.45) is 11.7 Å². The third kappa shape index (κ3) is 3.32. The molecule has 0 bridgehead atoms.